The van der Waals surface area contributed by atoms with E-state index in [2.05, 4.69) is 13.8 Å². The van der Waals surface area contributed by atoms with Crippen LogP contribution in [0.15, 0.2) is 24.3 Å². The third-order valence-corrected chi connectivity index (χ3v) is 5.92. The van der Waals surface area contributed by atoms with Crippen molar-refractivity contribution in [2.45, 2.75) is 20.3 Å². The Hall–Kier alpha value is -1.59. The fourth-order valence-electron chi connectivity index (χ4n) is 3.30. The lowest BCUT2D eigenvalue weighted by molar-refractivity contribution is -0.137. The van der Waals surface area contributed by atoms with Gasteiger partial charge in [0.05, 0.1) is 5.02 Å². The Morgan fingerprint density at radius 3 is 2.58 bits per heavy atom. The number of likely N-dealkylation sites (tertiary alicyclic amines) is 1. The minimum Gasteiger partial charge on any atom is -0.451 e. The maximum Gasteiger partial charge on any atom is 0.350 e. The van der Waals surface area contributed by atoms with Crippen molar-refractivity contribution in [3.05, 3.63) is 34.2 Å². The van der Waals surface area contributed by atoms with E-state index in [0.29, 0.717) is 21.7 Å². The Bertz CT molecular complexity index is 763. The Morgan fingerprint density at radius 2 is 1.92 bits per heavy atom. The predicted octanol–water partition coefficient (Wildman–Crippen LogP) is 4.22. The van der Waals surface area contributed by atoms with Crippen molar-refractivity contribution in [2.75, 3.05) is 19.7 Å². The molecule has 24 heavy (non-hydrogen) atoms. The first kappa shape index (κ1) is 17.2. The summed E-state index contributed by atoms with van der Waals surface area (Å²) in [6.45, 7) is 5.50. The molecule has 2 aromatic rings. The highest BCUT2D eigenvalue weighted by atomic mass is 35.5. The van der Waals surface area contributed by atoms with Gasteiger partial charge in [0, 0.05) is 23.2 Å². The number of carbonyl (C=O) groups is 2. The van der Waals surface area contributed by atoms with Gasteiger partial charge >= 0.3 is 5.97 Å². The topological polar surface area (TPSA) is 46.6 Å². The summed E-state index contributed by atoms with van der Waals surface area (Å²) in [6, 6.07) is 7.54. The maximum absolute atomic E-state index is 12.3. The second-order valence-corrected chi connectivity index (χ2v) is 7.99. The first-order valence-electron chi connectivity index (χ1n) is 8.07. The molecule has 0 N–H and O–H groups in total. The Balaban J connectivity index is 1.64. The third kappa shape index (κ3) is 3.57. The molecule has 2 atom stereocenters. The van der Waals surface area contributed by atoms with Crippen LogP contribution in [0, 0.1) is 11.8 Å². The summed E-state index contributed by atoms with van der Waals surface area (Å²) in [5.74, 6) is 0.280. The zero-order chi connectivity index (χ0) is 17.3. The zero-order valence-corrected chi connectivity index (χ0v) is 15.3. The number of hydrogen-bond donors (Lipinski definition) is 0. The van der Waals surface area contributed by atoms with E-state index in [1.807, 2.05) is 24.3 Å². The number of esters is 1. The first-order valence-corrected chi connectivity index (χ1v) is 9.27. The van der Waals surface area contributed by atoms with Gasteiger partial charge in [-0.25, -0.2) is 4.79 Å². The number of halogens is 1. The molecule has 1 amide bonds. The second kappa shape index (κ2) is 7.11. The van der Waals surface area contributed by atoms with Crippen molar-refractivity contribution in [3.8, 4) is 0 Å². The fraction of sp³-hybridized carbons (Fsp3) is 0.444. The molecule has 6 heteroatoms. The molecule has 0 radical (unpaired) electrons. The number of nitrogens with zero attached hydrogens (tertiary/aromatic N) is 1. The summed E-state index contributed by atoms with van der Waals surface area (Å²) in [6.07, 6.45) is 1.13. The largest absolute Gasteiger partial charge is 0.451 e. The second-order valence-electron chi connectivity index (χ2n) is 6.56. The summed E-state index contributed by atoms with van der Waals surface area (Å²) in [5, 5.41) is 1.23. The Labute approximate surface area is 150 Å². The predicted molar refractivity (Wildman–Crippen MR) is 96.6 cm³/mol. The quantitative estimate of drug-likeness (QED) is 0.765. The highest BCUT2D eigenvalue weighted by Gasteiger charge is 2.26. The van der Waals surface area contributed by atoms with Crippen LogP contribution in [0.2, 0.25) is 5.02 Å². The number of benzene rings is 1. The molecule has 1 aromatic heterocycles. The van der Waals surface area contributed by atoms with Gasteiger partial charge in [0.15, 0.2) is 6.61 Å². The van der Waals surface area contributed by atoms with Crippen LogP contribution in [-0.4, -0.2) is 36.5 Å². The van der Waals surface area contributed by atoms with Gasteiger partial charge < -0.3 is 9.64 Å². The van der Waals surface area contributed by atoms with Gasteiger partial charge in [-0.2, -0.15) is 0 Å². The van der Waals surface area contributed by atoms with Gasteiger partial charge in [-0.05, 0) is 24.3 Å². The molecule has 0 aliphatic carbocycles. The van der Waals surface area contributed by atoms with Gasteiger partial charge in [-0.1, -0.05) is 43.6 Å². The molecular weight excluding hydrogens is 346 g/mol. The van der Waals surface area contributed by atoms with E-state index in [9.17, 15) is 9.59 Å². The van der Waals surface area contributed by atoms with Gasteiger partial charge in [-0.15, -0.1) is 11.3 Å². The SMILES string of the molecule is C[C@@H]1C[C@@H](C)CN(C(=O)COC(=O)c2sc3ccccc3c2Cl)C1. The minimum atomic E-state index is -0.535. The van der Waals surface area contributed by atoms with Crippen molar-refractivity contribution in [1.82, 2.24) is 4.90 Å². The Morgan fingerprint density at radius 1 is 1.25 bits per heavy atom. The smallest absolute Gasteiger partial charge is 0.350 e. The fourth-order valence-corrected chi connectivity index (χ4v) is 4.70. The normalized spacial score (nSPS) is 21.0. The summed E-state index contributed by atoms with van der Waals surface area (Å²) in [5.41, 5.74) is 0. The molecule has 0 bridgehead atoms. The van der Waals surface area contributed by atoms with Crippen LogP contribution >= 0.6 is 22.9 Å². The number of carbonyl (C=O) groups excluding carboxylic acids is 2. The van der Waals surface area contributed by atoms with Gasteiger partial charge in [0.1, 0.15) is 4.88 Å². The molecular formula is C18H20ClNO3S. The third-order valence-electron chi connectivity index (χ3n) is 4.27. The van der Waals surface area contributed by atoms with Crippen LogP contribution in [0.25, 0.3) is 10.1 Å². The van der Waals surface area contributed by atoms with Gasteiger partial charge in [0.2, 0.25) is 0 Å². The maximum atomic E-state index is 12.3. The van der Waals surface area contributed by atoms with E-state index in [4.69, 9.17) is 16.3 Å². The molecule has 0 unspecified atom stereocenters. The molecule has 1 fully saturated rings. The number of thiophene rings is 1. The summed E-state index contributed by atoms with van der Waals surface area (Å²) in [7, 11) is 0. The number of amides is 1. The number of piperidine rings is 1. The van der Waals surface area contributed by atoms with E-state index >= 15 is 0 Å². The molecule has 0 spiro atoms. The number of fused-ring (bicyclic) bond motifs is 1. The summed E-state index contributed by atoms with van der Waals surface area (Å²) < 4.78 is 6.15. The van der Waals surface area contributed by atoms with Crippen molar-refractivity contribution in [2.24, 2.45) is 11.8 Å². The first-order chi connectivity index (χ1) is 11.5. The molecule has 4 nitrogen and oxygen atoms in total. The summed E-state index contributed by atoms with van der Waals surface area (Å²) in [4.78, 5) is 26.7. The Kier molecular flexibility index (Phi) is 5.11. The van der Waals surface area contributed by atoms with Crippen LogP contribution in [0.1, 0.15) is 29.9 Å². The number of hydrogen-bond acceptors (Lipinski definition) is 4. The van der Waals surface area contributed by atoms with Crippen molar-refractivity contribution in [1.29, 1.82) is 0 Å². The molecule has 1 aliphatic heterocycles. The van der Waals surface area contributed by atoms with Crippen LogP contribution < -0.4 is 0 Å². The van der Waals surface area contributed by atoms with E-state index in [1.165, 1.54) is 11.3 Å². The van der Waals surface area contributed by atoms with Crippen LogP contribution in [0.5, 0.6) is 0 Å². The lowest BCUT2D eigenvalue weighted by atomic mass is 9.92. The molecule has 2 heterocycles. The van der Waals surface area contributed by atoms with Crippen LogP contribution in [0.3, 0.4) is 0 Å². The molecule has 1 aromatic carbocycles. The lowest BCUT2D eigenvalue weighted by Crippen LogP contribution is -2.44. The van der Waals surface area contributed by atoms with E-state index in [1.54, 1.807) is 4.90 Å². The molecule has 128 valence electrons. The lowest BCUT2D eigenvalue weighted by Gasteiger charge is -2.34. The zero-order valence-electron chi connectivity index (χ0n) is 13.8. The molecule has 0 saturated carbocycles. The van der Waals surface area contributed by atoms with Crippen LogP contribution in [-0.2, 0) is 9.53 Å². The number of ether oxygens (including phenoxy) is 1. The van der Waals surface area contributed by atoms with Crippen molar-refractivity contribution in [3.63, 3.8) is 0 Å². The highest BCUT2D eigenvalue weighted by molar-refractivity contribution is 7.21. The highest BCUT2D eigenvalue weighted by Crippen LogP contribution is 2.35. The minimum absolute atomic E-state index is 0.140. The summed E-state index contributed by atoms with van der Waals surface area (Å²) >= 11 is 7.56. The molecule has 1 saturated heterocycles. The molecule has 3 rings (SSSR count). The van der Waals surface area contributed by atoms with E-state index in [-0.39, 0.29) is 12.5 Å². The molecule has 1 aliphatic rings. The average molecular weight is 366 g/mol. The van der Waals surface area contributed by atoms with E-state index in [0.717, 1.165) is 29.6 Å². The van der Waals surface area contributed by atoms with E-state index < -0.39 is 5.97 Å². The van der Waals surface area contributed by atoms with Crippen molar-refractivity contribution < 1.29 is 14.3 Å². The standard InChI is InChI=1S/C18H20ClNO3S/c1-11-7-12(2)9-20(8-11)15(21)10-23-18(22)17-16(19)13-5-3-4-6-14(13)24-17/h3-6,11-12H,7-10H2,1-2H3/t11-,12-/m1/s1. The van der Waals surface area contributed by atoms with Gasteiger partial charge in [0.25, 0.3) is 5.91 Å². The number of rotatable bonds is 3. The van der Waals surface area contributed by atoms with Gasteiger partial charge in [-0.3, -0.25) is 4.79 Å². The monoisotopic (exact) mass is 365 g/mol. The average Bonchev–Trinajstić information content (AvgIpc) is 2.89. The van der Waals surface area contributed by atoms with Crippen LogP contribution in [0.4, 0.5) is 0 Å². The van der Waals surface area contributed by atoms with Crippen molar-refractivity contribution >= 4 is 44.9 Å².